The summed E-state index contributed by atoms with van der Waals surface area (Å²) < 4.78 is 1.40. The number of hydrogen-bond acceptors (Lipinski definition) is 6. The molecule has 2 heterocycles. The van der Waals surface area contributed by atoms with E-state index >= 15 is 0 Å². The van der Waals surface area contributed by atoms with Gasteiger partial charge in [0.05, 0.1) is 18.4 Å². The van der Waals surface area contributed by atoms with Crippen LogP contribution < -0.4 is 16.2 Å². The molecule has 18 heavy (non-hydrogen) atoms. The van der Waals surface area contributed by atoms with Crippen LogP contribution >= 0.6 is 11.3 Å². The van der Waals surface area contributed by atoms with Gasteiger partial charge in [0.2, 0.25) is 0 Å². The highest BCUT2D eigenvalue weighted by atomic mass is 32.1. The van der Waals surface area contributed by atoms with E-state index in [0.717, 1.165) is 23.8 Å². The van der Waals surface area contributed by atoms with Crippen molar-refractivity contribution >= 4 is 17.0 Å². The molecule has 0 saturated heterocycles. The normalized spacial score (nSPS) is 10.5. The van der Waals surface area contributed by atoms with Crippen LogP contribution in [0.15, 0.2) is 28.6 Å². The van der Waals surface area contributed by atoms with E-state index in [0.29, 0.717) is 6.54 Å². The summed E-state index contributed by atoms with van der Waals surface area (Å²) in [5.41, 5.74) is 0.616. The molecule has 0 saturated carbocycles. The molecule has 2 rings (SSSR count). The van der Waals surface area contributed by atoms with Gasteiger partial charge >= 0.3 is 0 Å². The van der Waals surface area contributed by atoms with Gasteiger partial charge in [-0.05, 0) is 7.05 Å². The zero-order valence-corrected chi connectivity index (χ0v) is 10.9. The number of anilines is 1. The highest BCUT2D eigenvalue weighted by Gasteiger charge is 2.02. The van der Waals surface area contributed by atoms with Crippen molar-refractivity contribution in [3.05, 3.63) is 39.2 Å². The molecule has 2 aromatic rings. The molecule has 0 aliphatic carbocycles. The lowest BCUT2D eigenvalue weighted by molar-refractivity contribution is 0.637. The van der Waals surface area contributed by atoms with Crippen molar-refractivity contribution in [2.75, 3.05) is 25.5 Å². The Morgan fingerprint density at radius 3 is 3.00 bits per heavy atom. The van der Waals surface area contributed by atoms with E-state index in [9.17, 15) is 4.79 Å². The van der Waals surface area contributed by atoms with Gasteiger partial charge in [0.25, 0.3) is 5.56 Å². The third kappa shape index (κ3) is 3.38. The van der Waals surface area contributed by atoms with Crippen molar-refractivity contribution < 1.29 is 0 Å². The Morgan fingerprint density at radius 2 is 2.33 bits per heavy atom. The Bertz CT molecular complexity index is 537. The maximum absolute atomic E-state index is 11.8. The first kappa shape index (κ1) is 12.7. The van der Waals surface area contributed by atoms with E-state index < -0.39 is 0 Å². The van der Waals surface area contributed by atoms with Crippen LogP contribution in [0.2, 0.25) is 0 Å². The molecule has 0 aliphatic rings. The highest BCUT2D eigenvalue weighted by molar-refractivity contribution is 7.09. The zero-order chi connectivity index (χ0) is 12.8. The Morgan fingerprint density at radius 1 is 1.44 bits per heavy atom. The Kier molecular flexibility index (Phi) is 4.43. The Balaban J connectivity index is 2.03. The standard InChI is InChI=1S/C11H15N5OS/c1-12-2-3-13-9-6-11(17)16(15-7-9)8-10-14-4-5-18-10/h4-7,12-13H,2-3,8H2,1H3. The lowest BCUT2D eigenvalue weighted by Crippen LogP contribution is -2.24. The number of rotatable bonds is 6. The molecule has 0 unspecified atom stereocenters. The van der Waals surface area contributed by atoms with Crippen LogP contribution in [0.4, 0.5) is 5.69 Å². The van der Waals surface area contributed by atoms with Crippen LogP contribution in [0, 0.1) is 0 Å². The van der Waals surface area contributed by atoms with Crippen molar-refractivity contribution in [3.8, 4) is 0 Å². The number of nitrogens with one attached hydrogen (secondary N) is 2. The molecule has 0 aliphatic heterocycles. The summed E-state index contributed by atoms with van der Waals surface area (Å²) in [4.78, 5) is 16.0. The minimum Gasteiger partial charge on any atom is -0.382 e. The first-order valence-electron chi connectivity index (χ1n) is 5.63. The average Bonchev–Trinajstić information content (AvgIpc) is 2.86. The van der Waals surface area contributed by atoms with Crippen molar-refractivity contribution in [2.45, 2.75) is 6.54 Å². The SMILES string of the molecule is CNCCNc1cnn(Cc2nccs2)c(=O)c1. The summed E-state index contributed by atoms with van der Waals surface area (Å²) >= 11 is 1.51. The zero-order valence-electron chi connectivity index (χ0n) is 10.1. The number of thiazole rings is 1. The molecule has 2 aromatic heterocycles. The van der Waals surface area contributed by atoms with E-state index in [1.807, 2.05) is 12.4 Å². The molecule has 0 atom stereocenters. The molecule has 2 N–H and O–H groups in total. The first-order chi connectivity index (χ1) is 8.79. The quantitative estimate of drug-likeness (QED) is 0.739. The molecule has 0 aromatic carbocycles. The van der Waals surface area contributed by atoms with Gasteiger partial charge in [-0.1, -0.05) is 0 Å². The fraction of sp³-hybridized carbons (Fsp3) is 0.364. The van der Waals surface area contributed by atoms with Gasteiger partial charge in [-0.3, -0.25) is 4.79 Å². The van der Waals surface area contributed by atoms with Crippen LogP contribution in [-0.2, 0) is 6.54 Å². The molecule has 96 valence electrons. The second-order valence-electron chi connectivity index (χ2n) is 3.70. The van der Waals surface area contributed by atoms with Crippen LogP contribution in [0.5, 0.6) is 0 Å². The average molecular weight is 265 g/mol. The summed E-state index contributed by atoms with van der Waals surface area (Å²) in [6.07, 6.45) is 3.38. The molecular weight excluding hydrogens is 250 g/mol. The van der Waals surface area contributed by atoms with Crippen LogP contribution in [0.3, 0.4) is 0 Å². The third-order valence-electron chi connectivity index (χ3n) is 2.34. The van der Waals surface area contributed by atoms with Crippen LogP contribution in [-0.4, -0.2) is 34.9 Å². The van der Waals surface area contributed by atoms with E-state index in [4.69, 9.17) is 0 Å². The molecule has 0 radical (unpaired) electrons. The summed E-state index contributed by atoms with van der Waals surface area (Å²) in [5, 5.41) is 13.0. The fourth-order valence-electron chi connectivity index (χ4n) is 1.44. The van der Waals surface area contributed by atoms with E-state index in [1.54, 1.807) is 18.5 Å². The lowest BCUT2D eigenvalue weighted by atomic mass is 10.4. The lowest BCUT2D eigenvalue weighted by Gasteiger charge is -2.06. The van der Waals surface area contributed by atoms with E-state index in [-0.39, 0.29) is 5.56 Å². The largest absolute Gasteiger partial charge is 0.382 e. The Hall–Kier alpha value is -1.73. The van der Waals surface area contributed by atoms with Gasteiger partial charge in [-0.15, -0.1) is 11.3 Å². The second kappa shape index (κ2) is 6.27. The molecule has 0 bridgehead atoms. The van der Waals surface area contributed by atoms with Gasteiger partial charge in [0.1, 0.15) is 5.01 Å². The highest BCUT2D eigenvalue weighted by Crippen LogP contribution is 2.05. The first-order valence-corrected chi connectivity index (χ1v) is 6.51. The second-order valence-corrected chi connectivity index (χ2v) is 4.68. The fourth-order valence-corrected chi connectivity index (χ4v) is 2.04. The summed E-state index contributed by atoms with van der Waals surface area (Å²) in [6.45, 7) is 2.02. The summed E-state index contributed by atoms with van der Waals surface area (Å²) in [7, 11) is 1.88. The van der Waals surface area contributed by atoms with Gasteiger partial charge in [0, 0.05) is 30.7 Å². The molecule has 7 heteroatoms. The summed E-state index contributed by atoms with van der Waals surface area (Å²) in [6, 6.07) is 1.55. The van der Waals surface area contributed by atoms with Gasteiger partial charge in [-0.25, -0.2) is 9.67 Å². The number of nitrogens with zero attached hydrogens (tertiary/aromatic N) is 3. The van der Waals surface area contributed by atoms with Crippen LogP contribution in [0.25, 0.3) is 0 Å². The number of hydrogen-bond donors (Lipinski definition) is 2. The van der Waals surface area contributed by atoms with Crippen molar-refractivity contribution in [1.29, 1.82) is 0 Å². The van der Waals surface area contributed by atoms with Crippen molar-refractivity contribution in [3.63, 3.8) is 0 Å². The Labute approximate surface area is 109 Å². The molecule has 0 amide bonds. The minimum atomic E-state index is -0.125. The smallest absolute Gasteiger partial charge is 0.269 e. The molecule has 0 spiro atoms. The predicted molar refractivity (Wildman–Crippen MR) is 72.1 cm³/mol. The number of aromatic nitrogens is 3. The van der Waals surface area contributed by atoms with Gasteiger partial charge < -0.3 is 10.6 Å². The van der Waals surface area contributed by atoms with E-state index in [1.165, 1.54) is 16.0 Å². The van der Waals surface area contributed by atoms with Gasteiger partial charge in [0.15, 0.2) is 0 Å². The topological polar surface area (TPSA) is 71.8 Å². The predicted octanol–water partition coefficient (Wildman–Crippen LogP) is 0.379. The van der Waals surface area contributed by atoms with Gasteiger partial charge in [-0.2, -0.15) is 5.10 Å². The van der Waals surface area contributed by atoms with Crippen molar-refractivity contribution in [2.24, 2.45) is 0 Å². The monoisotopic (exact) mass is 265 g/mol. The van der Waals surface area contributed by atoms with Crippen LogP contribution in [0.1, 0.15) is 5.01 Å². The van der Waals surface area contributed by atoms with Crippen molar-refractivity contribution in [1.82, 2.24) is 20.1 Å². The minimum absolute atomic E-state index is 0.125. The maximum Gasteiger partial charge on any atom is 0.269 e. The number of likely N-dealkylation sites (N-methyl/N-ethyl adjacent to an activating group) is 1. The van der Waals surface area contributed by atoms with E-state index in [2.05, 4.69) is 20.7 Å². The third-order valence-corrected chi connectivity index (χ3v) is 3.11. The molecule has 0 fully saturated rings. The molecular formula is C11H15N5OS. The maximum atomic E-state index is 11.8. The summed E-state index contributed by atoms with van der Waals surface area (Å²) in [5.74, 6) is 0. The molecule has 6 nitrogen and oxygen atoms in total.